The minimum absolute atomic E-state index is 0. The Morgan fingerprint density at radius 1 is 1.29 bits per heavy atom. The van der Waals surface area contributed by atoms with E-state index in [1.165, 1.54) is 0 Å². The van der Waals surface area contributed by atoms with Crippen LogP contribution in [0.1, 0.15) is 26.3 Å². The number of carboxylic acids is 1. The number of nitrogens with zero attached hydrogens (tertiary/aromatic N) is 2. The van der Waals surface area contributed by atoms with Crippen molar-refractivity contribution in [3.05, 3.63) is 42.1 Å². The zero-order valence-electron chi connectivity index (χ0n) is 12.8. The fourth-order valence-electron chi connectivity index (χ4n) is 2.02. The first-order valence-electron chi connectivity index (χ1n) is 6.47. The van der Waals surface area contributed by atoms with E-state index in [1.807, 2.05) is 51.1 Å². The van der Waals surface area contributed by atoms with Crippen molar-refractivity contribution in [2.75, 3.05) is 0 Å². The van der Waals surface area contributed by atoms with Gasteiger partial charge in [0.2, 0.25) is 0 Å². The molecular formula is C16H17N2NaO2. The third kappa shape index (κ3) is 4.37. The maximum atomic E-state index is 11.2. The number of carbonyl (C=O) groups is 1. The Bertz CT molecular complexity index is 657. The van der Waals surface area contributed by atoms with Gasteiger partial charge in [-0.25, -0.2) is 0 Å². The van der Waals surface area contributed by atoms with Crippen molar-refractivity contribution >= 4 is 23.1 Å². The third-order valence-corrected chi connectivity index (χ3v) is 3.07. The Hall–Kier alpha value is -1.23. The van der Waals surface area contributed by atoms with Crippen molar-refractivity contribution in [3.63, 3.8) is 0 Å². The van der Waals surface area contributed by atoms with Crippen molar-refractivity contribution in [1.82, 2.24) is 4.98 Å². The molecular weight excluding hydrogens is 275 g/mol. The van der Waals surface area contributed by atoms with Crippen LogP contribution in [0.25, 0.3) is 10.9 Å². The predicted molar refractivity (Wildman–Crippen MR) is 77.6 cm³/mol. The Kier molecular flexibility index (Phi) is 6.08. The molecule has 0 fully saturated rings. The average molecular weight is 292 g/mol. The summed E-state index contributed by atoms with van der Waals surface area (Å²) in [6.07, 6.45) is 3.28. The van der Waals surface area contributed by atoms with Gasteiger partial charge >= 0.3 is 29.6 Å². The van der Waals surface area contributed by atoms with Crippen LogP contribution in [0.4, 0.5) is 0 Å². The molecule has 0 saturated heterocycles. The van der Waals surface area contributed by atoms with Crippen LogP contribution >= 0.6 is 0 Å². The van der Waals surface area contributed by atoms with E-state index in [0.717, 1.165) is 16.5 Å². The number of pyridine rings is 1. The van der Waals surface area contributed by atoms with E-state index in [2.05, 4.69) is 9.98 Å². The fraction of sp³-hybridized carbons (Fsp3) is 0.312. The molecule has 4 nitrogen and oxygen atoms in total. The van der Waals surface area contributed by atoms with Crippen LogP contribution in [0.15, 0.2) is 41.5 Å². The second-order valence-corrected chi connectivity index (χ2v) is 5.79. The first-order chi connectivity index (χ1) is 9.39. The second kappa shape index (κ2) is 7.16. The number of carbonyl (C=O) groups excluding carboxylic acids is 1. The van der Waals surface area contributed by atoms with Crippen molar-refractivity contribution in [2.24, 2.45) is 10.4 Å². The zero-order chi connectivity index (χ0) is 14.8. The Labute approximate surface area is 146 Å². The van der Waals surface area contributed by atoms with Crippen LogP contribution < -0.4 is 34.7 Å². The molecule has 0 aliphatic heterocycles. The predicted octanol–water partition coefficient (Wildman–Crippen LogP) is -1.18. The van der Waals surface area contributed by atoms with Gasteiger partial charge in [-0.1, -0.05) is 45.0 Å². The number of carboxylic acid groups (broad SMARTS) is 1. The molecule has 1 aromatic carbocycles. The van der Waals surface area contributed by atoms with Gasteiger partial charge in [0, 0.05) is 23.4 Å². The van der Waals surface area contributed by atoms with E-state index in [9.17, 15) is 9.90 Å². The molecule has 1 aromatic heterocycles. The second-order valence-electron chi connectivity index (χ2n) is 5.79. The van der Waals surface area contributed by atoms with E-state index in [4.69, 9.17) is 0 Å². The molecule has 0 amide bonds. The monoisotopic (exact) mass is 292 g/mol. The normalized spacial score (nSPS) is 13.1. The van der Waals surface area contributed by atoms with E-state index in [1.54, 1.807) is 12.4 Å². The maximum absolute atomic E-state index is 11.2. The quantitative estimate of drug-likeness (QED) is 0.528. The van der Waals surface area contributed by atoms with Crippen LogP contribution in [0.2, 0.25) is 0 Å². The summed E-state index contributed by atoms with van der Waals surface area (Å²) in [5.41, 5.74) is 1.12. The molecule has 0 radical (unpaired) electrons. The Morgan fingerprint density at radius 2 is 1.95 bits per heavy atom. The minimum atomic E-state index is -1.16. The van der Waals surface area contributed by atoms with Crippen LogP contribution in [0.3, 0.4) is 0 Å². The van der Waals surface area contributed by atoms with Gasteiger partial charge in [-0.15, -0.1) is 0 Å². The maximum Gasteiger partial charge on any atom is 1.00 e. The zero-order valence-corrected chi connectivity index (χ0v) is 14.8. The van der Waals surface area contributed by atoms with Gasteiger partial charge in [0.25, 0.3) is 0 Å². The van der Waals surface area contributed by atoms with Crippen molar-refractivity contribution in [2.45, 2.75) is 26.8 Å². The molecule has 5 heteroatoms. The number of hydrogen-bond donors (Lipinski definition) is 0. The standard InChI is InChI=1S/C16H18N2O2.Na/c1-16(2,3)14(15(19)20)18-10-12-7-4-6-11-8-5-9-17-13(11)12;/h4-10,14H,1-3H3,(H,19,20);/q;+1/p-1/t14-;/m1./s1. The SMILES string of the molecule is CC(C)(C)[C@H](N=Cc1cccc2cccnc12)C(=O)[O-].[Na+]. The van der Waals surface area contributed by atoms with Gasteiger partial charge < -0.3 is 9.90 Å². The largest absolute Gasteiger partial charge is 1.00 e. The number of aliphatic imine (C=N–C) groups is 1. The van der Waals surface area contributed by atoms with Gasteiger partial charge in [0.15, 0.2) is 0 Å². The van der Waals surface area contributed by atoms with Gasteiger partial charge in [-0.2, -0.15) is 0 Å². The third-order valence-electron chi connectivity index (χ3n) is 3.07. The Morgan fingerprint density at radius 3 is 2.57 bits per heavy atom. The van der Waals surface area contributed by atoms with Crippen LogP contribution in [-0.4, -0.2) is 23.2 Å². The average Bonchev–Trinajstić information content (AvgIpc) is 2.37. The number of aliphatic carboxylic acids is 1. The summed E-state index contributed by atoms with van der Waals surface area (Å²) in [4.78, 5) is 19.7. The summed E-state index contributed by atoms with van der Waals surface area (Å²) in [7, 11) is 0. The summed E-state index contributed by atoms with van der Waals surface area (Å²) in [5, 5.41) is 12.2. The number of para-hydroxylation sites is 1. The molecule has 0 bridgehead atoms. The molecule has 0 unspecified atom stereocenters. The molecule has 0 spiro atoms. The molecule has 2 aromatic rings. The van der Waals surface area contributed by atoms with E-state index >= 15 is 0 Å². The summed E-state index contributed by atoms with van der Waals surface area (Å²) >= 11 is 0. The number of rotatable bonds is 3. The summed E-state index contributed by atoms with van der Waals surface area (Å²) < 4.78 is 0. The molecule has 104 valence electrons. The molecule has 1 atom stereocenters. The van der Waals surface area contributed by atoms with Crippen molar-refractivity contribution < 1.29 is 39.5 Å². The van der Waals surface area contributed by atoms with E-state index in [-0.39, 0.29) is 29.6 Å². The molecule has 0 aliphatic carbocycles. The summed E-state index contributed by atoms with van der Waals surface area (Å²) in [6, 6.07) is 8.66. The first kappa shape index (κ1) is 17.8. The van der Waals surface area contributed by atoms with Crippen molar-refractivity contribution in [1.29, 1.82) is 0 Å². The molecule has 0 N–H and O–H groups in total. The first-order valence-corrected chi connectivity index (χ1v) is 6.47. The smallest absolute Gasteiger partial charge is 0.548 e. The van der Waals surface area contributed by atoms with Gasteiger partial charge in [0.1, 0.15) is 0 Å². The number of aromatic nitrogens is 1. The van der Waals surface area contributed by atoms with Gasteiger partial charge in [-0.3, -0.25) is 9.98 Å². The van der Waals surface area contributed by atoms with Crippen LogP contribution in [-0.2, 0) is 4.79 Å². The van der Waals surface area contributed by atoms with E-state index < -0.39 is 17.4 Å². The van der Waals surface area contributed by atoms with Gasteiger partial charge in [0.05, 0.1) is 17.5 Å². The van der Waals surface area contributed by atoms with E-state index in [0.29, 0.717) is 0 Å². The number of fused-ring (bicyclic) bond motifs is 1. The number of benzene rings is 1. The molecule has 0 saturated carbocycles. The van der Waals surface area contributed by atoms with Crippen LogP contribution in [0, 0.1) is 5.41 Å². The fourth-order valence-corrected chi connectivity index (χ4v) is 2.02. The molecule has 1 heterocycles. The number of hydrogen-bond acceptors (Lipinski definition) is 4. The molecule has 0 aliphatic rings. The Balaban J connectivity index is 0.00000220. The summed E-state index contributed by atoms with van der Waals surface area (Å²) in [5.74, 6) is -1.16. The topological polar surface area (TPSA) is 65.4 Å². The molecule has 2 rings (SSSR count). The van der Waals surface area contributed by atoms with Crippen LogP contribution in [0.5, 0.6) is 0 Å². The molecule has 21 heavy (non-hydrogen) atoms. The summed E-state index contributed by atoms with van der Waals surface area (Å²) in [6.45, 7) is 5.48. The van der Waals surface area contributed by atoms with Gasteiger partial charge in [-0.05, 0) is 11.5 Å². The minimum Gasteiger partial charge on any atom is -0.548 e. The van der Waals surface area contributed by atoms with Crippen molar-refractivity contribution in [3.8, 4) is 0 Å².